The molecule has 1 saturated heterocycles. The van der Waals surface area contributed by atoms with E-state index in [1.807, 2.05) is 0 Å². The molecular formula is C15H14F3N3O3. The molecule has 1 amide bonds. The molecule has 24 heavy (non-hydrogen) atoms. The third-order valence-corrected chi connectivity index (χ3v) is 4.16. The number of nitrogens with zero attached hydrogens (tertiary/aromatic N) is 3. The second-order valence-electron chi connectivity index (χ2n) is 5.77. The molecule has 0 radical (unpaired) electrons. The number of likely N-dealkylation sites (tertiary alicyclic amines) is 1. The van der Waals surface area contributed by atoms with Gasteiger partial charge < -0.3 is 14.4 Å². The summed E-state index contributed by atoms with van der Waals surface area (Å²) in [6, 6.07) is 5.30. The molecule has 1 aliphatic rings. The van der Waals surface area contributed by atoms with Gasteiger partial charge in [0.05, 0.1) is 24.0 Å². The van der Waals surface area contributed by atoms with Crippen LogP contribution in [0.3, 0.4) is 0 Å². The van der Waals surface area contributed by atoms with Gasteiger partial charge in [0.15, 0.2) is 0 Å². The minimum Gasteiger partial charge on any atom is -0.481 e. The maximum absolute atomic E-state index is 13.0. The third-order valence-electron chi connectivity index (χ3n) is 4.16. The lowest BCUT2D eigenvalue weighted by molar-refractivity contribution is -0.188. The minimum absolute atomic E-state index is 0.168. The van der Waals surface area contributed by atoms with Crippen LogP contribution in [0.4, 0.5) is 13.2 Å². The highest BCUT2D eigenvalue weighted by Crippen LogP contribution is 2.37. The standard InChI is InChI=1S/C15H14F3N3O3/c16-15(17,18)11-8-21(7-10(11)14(23)24)13(22)5-9-6-20-4-2-1-3-12(20)19-9/h1-4,6,10-11H,5,7-8H2,(H,23,24)/t10-,11-/m1/s1. The van der Waals surface area contributed by atoms with E-state index in [1.54, 1.807) is 35.0 Å². The maximum atomic E-state index is 13.0. The summed E-state index contributed by atoms with van der Waals surface area (Å²) in [6.07, 6.45) is -1.45. The number of carboxylic acids is 1. The van der Waals surface area contributed by atoms with Gasteiger partial charge in [-0.25, -0.2) is 4.98 Å². The Kier molecular flexibility index (Phi) is 3.94. The van der Waals surface area contributed by atoms with E-state index in [-0.39, 0.29) is 6.42 Å². The van der Waals surface area contributed by atoms with Crippen molar-refractivity contribution < 1.29 is 27.9 Å². The number of halogens is 3. The summed E-state index contributed by atoms with van der Waals surface area (Å²) >= 11 is 0. The summed E-state index contributed by atoms with van der Waals surface area (Å²) in [4.78, 5) is 28.5. The average molecular weight is 341 g/mol. The number of rotatable bonds is 3. The highest BCUT2D eigenvalue weighted by Gasteiger charge is 2.53. The second kappa shape index (κ2) is 5.81. The van der Waals surface area contributed by atoms with Crippen molar-refractivity contribution in [2.75, 3.05) is 13.1 Å². The van der Waals surface area contributed by atoms with E-state index >= 15 is 0 Å². The Morgan fingerprint density at radius 2 is 2.04 bits per heavy atom. The van der Waals surface area contributed by atoms with Gasteiger partial charge in [-0.3, -0.25) is 9.59 Å². The van der Waals surface area contributed by atoms with Crippen LogP contribution in [-0.2, 0) is 16.0 Å². The summed E-state index contributed by atoms with van der Waals surface area (Å²) in [5, 5.41) is 8.98. The van der Waals surface area contributed by atoms with E-state index in [9.17, 15) is 22.8 Å². The molecule has 0 bridgehead atoms. The lowest BCUT2D eigenvalue weighted by Gasteiger charge is -2.18. The van der Waals surface area contributed by atoms with Gasteiger partial charge in [0.1, 0.15) is 5.65 Å². The lowest BCUT2D eigenvalue weighted by atomic mass is 9.96. The number of carbonyl (C=O) groups excluding carboxylic acids is 1. The zero-order chi connectivity index (χ0) is 17.5. The van der Waals surface area contributed by atoms with Crippen LogP contribution >= 0.6 is 0 Å². The van der Waals surface area contributed by atoms with Gasteiger partial charge >= 0.3 is 12.1 Å². The first kappa shape index (κ1) is 16.3. The Balaban J connectivity index is 1.74. The Hall–Kier alpha value is -2.58. The summed E-state index contributed by atoms with van der Waals surface area (Å²) < 4.78 is 40.6. The molecule has 3 heterocycles. The zero-order valence-electron chi connectivity index (χ0n) is 12.4. The average Bonchev–Trinajstić information content (AvgIpc) is 3.10. The van der Waals surface area contributed by atoms with Gasteiger partial charge in [0.25, 0.3) is 0 Å². The number of aromatic nitrogens is 2. The zero-order valence-corrected chi connectivity index (χ0v) is 12.4. The summed E-state index contributed by atoms with van der Waals surface area (Å²) in [7, 11) is 0. The Bertz CT molecular complexity index is 754. The molecule has 128 valence electrons. The monoisotopic (exact) mass is 341 g/mol. The molecule has 6 nitrogen and oxygen atoms in total. The fourth-order valence-electron chi connectivity index (χ4n) is 2.93. The van der Waals surface area contributed by atoms with E-state index in [1.165, 1.54) is 0 Å². The Morgan fingerprint density at radius 3 is 2.62 bits per heavy atom. The molecule has 0 unspecified atom stereocenters. The molecule has 9 heteroatoms. The van der Waals surface area contributed by atoms with Crippen LogP contribution in [-0.4, -0.2) is 50.5 Å². The van der Waals surface area contributed by atoms with Crippen molar-refractivity contribution in [2.45, 2.75) is 12.6 Å². The number of alkyl halides is 3. The van der Waals surface area contributed by atoms with Crippen molar-refractivity contribution in [2.24, 2.45) is 11.8 Å². The molecule has 2 aromatic heterocycles. The number of imidazole rings is 1. The highest BCUT2D eigenvalue weighted by molar-refractivity contribution is 5.80. The van der Waals surface area contributed by atoms with Crippen LogP contribution in [0.1, 0.15) is 5.69 Å². The largest absolute Gasteiger partial charge is 0.481 e. The van der Waals surface area contributed by atoms with Gasteiger partial charge in [-0.15, -0.1) is 0 Å². The molecule has 2 aromatic rings. The first-order chi connectivity index (χ1) is 11.3. The van der Waals surface area contributed by atoms with Crippen LogP contribution in [0.2, 0.25) is 0 Å². The van der Waals surface area contributed by atoms with E-state index in [0.29, 0.717) is 11.3 Å². The molecular weight excluding hydrogens is 327 g/mol. The third kappa shape index (κ3) is 3.06. The topological polar surface area (TPSA) is 74.9 Å². The highest BCUT2D eigenvalue weighted by atomic mass is 19.4. The van der Waals surface area contributed by atoms with Crippen molar-refractivity contribution in [1.82, 2.24) is 14.3 Å². The molecule has 1 N–H and O–H groups in total. The number of carboxylic acid groups (broad SMARTS) is 1. The quantitative estimate of drug-likeness (QED) is 0.920. The molecule has 1 fully saturated rings. The molecule has 0 spiro atoms. The van der Waals surface area contributed by atoms with Gasteiger partial charge in [0.2, 0.25) is 5.91 Å². The van der Waals surface area contributed by atoms with E-state index in [2.05, 4.69) is 4.98 Å². The van der Waals surface area contributed by atoms with Gasteiger partial charge in [-0.05, 0) is 12.1 Å². The Labute approximate surface area is 134 Å². The van der Waals surface area contributed by atoms with E-state index in [0.717, 1.165) is 4.90 Å². The van der Waals surface area contributed by atoms with Gasteiger partial charge in [0, 0.05) is 25.5 Å². The number of fused-ring (bicyclic) bond motifs is 1. The lowest BCUT2D eigenvalue weighted by Crippen LogP contribution is -2.34. The first-order valence-corrected chi connectivity index (χ1v) is 7.25. The van der Waals surface area contributed by atoms with Crippen LogP contribution in [0.25, 0.3) is 5.65 Å². The molecule has 3 rings (SSSR count). The van der Waals surface area contributed by atoms with Crippen LogP contribution < -0.4 is 0 Å². The van der Waals surface area contributed by atoms with Crippen LogP contribution in [0.5, 0.6) is 0 Å². The van der Waals surface area contributed by atoms with Gasteiger partial charge in [-0.1, -0.05) is 6.07 Å². The fraction of sp³-hybridized carbons (Fsp3) is 0.400. The number of amides is 1. The van der Waals surface area contributed by atoms with Crippen molar-refractivity contribution in [3.8, 4) is 0 Å². The van der Waals surface area contributed by atoms with Crippen molar-refractivity contribution >= 4 is 17.5 Å². The van der Waals surface area contributed by atoms with Crippen LogP contribution in [0, 0.1) is 11.8 Å². The fourth-order valence-corrected chi connectivity index (χ4v) is 2.93. The second-order valence-corrected chi connectivity index (χ2v) is 5.77. The molecule has 0 aliphatic carbocycles. The van der Waals surface area contributed by atoms with Crippen molar-refractivity contribution in [1.29, 1.82) is 0 Å². The SMILES string of the molecule is O=C(O)[C@@H]1CN(C(=O)Cc2cn3ccccc3n2)C[C@H]1C(F)(F)F. The number of hydrogen-bond donors (Lipinski definition) is 1. The molecule has 1 aliphatic heterocycles. The minimum atomic E-state index is -4.65. The van der Waals surface area contributed by atoms with Crippen LogP contribution in [0.15, 0.2) is 30.6 Å². The van der Waals surface area contributed by atoms with E-state index in [4.69, 9.17) is 5.11 Å². The number of carbonyl (C=O) groups is 2. The molecule has 0 saturated carbocycles. The van der Waals surface area contributed by atoms with Crippen molar-refractivity contribution in [3.63, 3.8) is 0 Å². The predicted octanol–water partition coefficient (Wildman–Crippen LogP) is 1.60. The van der Waals surface area contributed by atoms with E-state index < -0.39 is 43.0 Å². The maximum Gasteiger partial charge on any atom is 0.394 e. The Morgan fingerprint density at radius 1 is 1.29 bits per heavy atom. The predicted molar refractivity (Wildman–Crippen MR) is 76.1 cm³/mol. The smallest absolute Gasteiger partial charge is 0.394 e. The van der Waals surface area contributed by atoms with Gasteiger partial charge in [-0.2, -0.15) is 13.2 Å². The summed E-state index contributed by atoms with van der Waals surface area (Å²) in [6.45, 7) is -1.07. The summed E-state index contributed by atoms with van der Waals surface area (Å²) in [5.74, 6) is -5.77. The first-order valence-electron chi connectivity index (χ1n) is 7.25. The number of hydrogen-bond acceptors (Lipinski definition) is 3. The molecule has 2 atom stereocenters. The normalized spacial score (nSPS) is 21.4. The van der Waals surface area contributed by atoms with Crippen molar-refractivity contribution in [3.05, 3.63) is 36.3 Å². The number of aliphatic carboxylic acids is 1. The molecule has 0 aromatic carbocycles. The summed E-state index contributed by atoms with van der Waals surface area (Å²) in [5.41, 5.74) is 1.05. The number of pyridine rings is 1.